The fourth-order valence-corrected chi connectivity index (χ4v) is 2.63. The highest BCUT2D eigenvalue weighted by molar-refractivity contribution is 5.67. The zero-order chi connectivity index (χ0) is 14.3. The van der Waals surface area contributed by atoms with E-state index in [9.17, 15) is 4.79 Å². The first-order chi connectivity index (χ1) is 9.08. The molecule has 0 amide bonds. The van der Waals surface area contributed by atoms with Crippen molar-refractivity contribution in [3.63, 3.8) is 0 Å². The zero-order valence-corrected chi connectivity index (χ0v) is 12.2. The molecule has 3 nitrogen and oxygen atoms in total. The molecule has 0 spiro atoms. The molecular formula is C16H25NO2. The predicted molar refractivity (Wildman–Crippen MR) is 78.4 cm³/mol. The average Bonchev–Trinajstić information content (AvgIpc) is 2.40. The maximum Gasteiger partial charge on any atom is 0.304 e. The molecule has 0 fully saturated rings. The molecule has 1 N–H and O–H groups in total. The number of carboxylic acid groups (broad SMARTS) is 1. The number of aliphatic carboxylic acids is 1. The van der Waals surface area contributed by atoms with Gasteiger partial charge in [0.2, 0.25) is 0 Å². The van der Waals surface area contributed by atoms with E-state index in [0.29, 0.717) is 5.92 Å². The van der Waals surface area contributed by atoms with E-state index in [4.69, 9.17) is 5.11 Å². The van der Waals surface area contributed by atoms with Gasteiger partial charge in [-0.05, 0) is 31.0 Å². The van der Waals surface area contributed by atoms with Crippen LogP contribution in [0.3, 0.4) is 0 Å². The third kappa shape index (κ3) is 5.03. The first kappa shape index (κ1) is 15.7. The smallest absolute Gasteiger partial charge is 0.304 e. The first-order valence-corrected chi connectivity index (χ1v) is 7.09. The van der Waals surface area contributed by atoms with Crippen molar-refractivity contribution in [3.05, 3.63) is 35.9 Å². The lowest BCUT2D eigenvalue weighted by Gasteiger charge is -2.30. The molecule has 0 aromatic heterocycles. The summed E-state index contributed by atoms with van der Waals surface area (Å²) in [6.45, 7) is 8.15. The van der Waals surface area contributed by atoms with Crippen molar-refractivity contribution in [3.8, 4) is 0 Å². The maximum absolute atomic E-state index is 11.0. The van der Waals surface area contributed by atoms with Crippen LogP contribution >= 0.6 is 0 Å². The van der Waals surface area contributed by atoms with Crippen LogP contribution in [0.2, 0.25) is 0 Å². The molecule has 106 valence electrons. The molecule has 3 heteroatoms. The maximum atomic E-state index is 11.0. The zero-order valence-electron chi connectivity index (χ0n) is 12.2. The second-order valence-electron chi connectivity index (χ2n) is 5.02. The van der Waals surface area contributed by atoms with E-state index in [1.807, 2.05) is 18.2 Å². The van der Waals surface area contributed by atoms with Crippen LogP contribution in [-0.2, 0) is 4.79 Å². The SMILES string of the molecule is CCN(CC)C(CC(=O)O)CC(C)c1ccccc1. The minimum Gasteiger partial charge on any atom is -0.481 e. The number of hydrogen-bond acceptors (Lipinski definition) is 2. The van der Waals surface area contributed by atoms with Crippen LogP contribution in [0.15, 0.2) is 30.3 Å². The molecule has 0 bridgehead atoms. The molecule has 0 aliphatic rings. The standard InChI is InChI=1S/C16H25NO2/c1-4-17(5-2)15(12-16(18)19)11-13(3)14-9-7-6-8-10-14/h6-10,13,15H,4-5,11-12H2,1-3H3,(H,18,19). The molecule has 2 unspecified atom stereocenters. The van der Waals surface area contributed by atoms with E-state index in [1.54, 1.807) is 0 Å². The van der Waals surface area contributed by atoms with Crippen molar-refractivity contribution < 1.29 is 9.90 Å². The molecule has 2 atom stereocenters. The number of carboxylic acids is 1. The van der Waals surface area contributed by atoms with Gasteiger partial charge in [-0.25, -0.2) is 0 Å². The predicted octanol–water partition coefficient (Wildman–Crippen LogP) is 3.37. The molecule has 0 saturated heterocycles. The van der Waals surface area contributed by atoms with Gasteiger partial charge in [-0.3, -0.25) is 4.79 Å². The first-order valence-electron chi connectivity index (χ1n) is 7.09. The largest absolute Gasteiger partial charge is 0.481 e. The third-order valence-corrected chi connectivity index (χ3v) is 3.73. The lowest BCUT2D eigenvalue weighted by atomic mass is 9.92. The van der Waals surface area contributed by atoms with E-state index in [-0.39, 0.29) is 12.5 Å². The van der Waals surface area contributed by atoms with E-state index in [2.05, 4.69) is 37.8 Å². The number of hydrogen-bond donors (Lipinski definition) is 1. The molecule has 19 heavy (non-hydrogen) atoms. The molecule has 1 rings (SSSR count). The normalized spacial score (nSPS) is 14.3. The Kier molecular flexibility index (Phi) is 6.57. The van der Waals surface area contributed by atoms with E-state index in [1.165, 1.54) is 5.56 Å². The highest BCUT2D eigenvalue weighted by Gasteiger charge is 2.22. The van der Waals surface area contributed by atoms with Gasteiger partial charge in [-0.15, -0.1) is 0 Å². The number of carbonyl (C=O) groups is 1. The van der Waals surface area contributed by atoms with Crippen LogP contribution in [0.4, 0.5) is 0 Å². The summed E-state index contributed by atoms with van der Waals surface area (Å²) in [7, 11) is 0. The Morgan fingerprint density at radius 3 is 2.26 bits per heavy atom. The Balaban J connectivity index is 2.73. The van der Waals surface area contributed by atoms with Gasteiger partial charge < -0.3 is 10.0 Å². The number of rotatable bonds is 8. The van der Waals surface area contributed by atoms with Crippen LogP contribution in [0.1, 0.15) is 45.1 Å². The molecule has 1 aromatic carbocycles. The van der Waals surface area contributed by atoms with Gasteiger partial charge in [0.05, 0.1) is 6.42 Å². The Morgan fingerprint density at radius 2 is 1.79 bits per heavy atom. The molecule has 0 radical (unpaired) electrons. The van der Waals surface area contributed by atoms with Gasteiger partial charge in [0.15, 0.2) is 0 Å². The summed E-state index contributed by atoms with van der Waals surface area (Å²) in [6, 6.07) is 10.4. The number of benzene rings is 1. The van der Waals surface area contributed by atoms with Gasteiger partial charge in [0.1, 0.15) is 0 Å². The van der Waals surface area contributed by atoms with E-state index < -0.39 is 5.97 Å². The van der Waals surface area contributed by atoms with Gasteiger partial charge in [-0.2, -0.15) is 0 Å². The summed E-state index contributed by atoms with van der Waals surface area (Å²) in [5, 5.41) is 9.08. The van der Waals surface area contributed by atoms with Crippen molar-refractivity contribution in [1.82, 2.24) is 4.90 Å². The Morgan fingerprint density at radius 1 is 1.21 bits per heavy atom. The summed E-state index contributed by atoms with van der Waals surface area (Å²) >= 11 is 0. The van der Waals surface area contributed by atoms with Crippen LogP contribution in [0, 0.1) is 0 Å². The summed E-state index contributed by atoms with van der Waals surface area (Å²) in [6.07, 6.45) is 1.11. The van der Waals surface area contributed by atoms with Gasteiger partial charge in [0.25, 0.3) is 0 Å². The van der Waals surface area contributed by atoms with Gasteiger partial charge in [-0.1, -0.05) is 51.1 Å². The second-order valence-corrected chi connectivity index (χ2v) is 5.02. The Hall–Kier alpha value is -1.35. The Bertz CT molecular complexity index is 374. The van der Waals surface area contributed by atoms with Gasteiger partial charge in [0, 0.05) is 6.04 Å². The quantitative estimate of drug-likeness (QED) is 0.781. The highest BCUT2D eigenvalue weighted by atomic mass is 16.4. The van der Waals surface area contributed by atoms with Crippen molar-refractivity contribution in [2.24, 2.45) is 0 Å². The van der Waals surface area contributed by atoms with Crippen LogP contribution < -0.4 is 0 Å². The summed E-state index contributed by atoms with van der Waals surface area (Å²) in [5.41, 5.74) is 1.28. The number of nitrogens with zero attached hydrogens (tertiary/aromatic N) is 1. The molecule has 0 saturated carbocycles. The fourth-order valence-electron chi connectivity index (χ4n) is 2.63. The van der Waals surface area contributed by atoms with Crippen molar-refractivity contribution >= 4 is 5.97 Å². The minimum absolute atomic E-state index is 0.114. The Labute approximate surface area is 116 Å². The van der Waals surface area contributed by atoms with Crippen LogP contribution in [-0.4, -0.2) is 35.1 Å². The highest BCUT2D eigenvalue weighted by Crippen LogP contribution is 2.24. The summed E-state index contributed by atoms with van der Waals surface area (Å²) in [5.74, 6) is -0.330. The van der Waals surface area contributed by atoms with E-state index in [0.717, 1.165) is 19.5 Å². The molecule has 0 aliphatic heterocycles. The molecule has 0 aliphatic carbocycles. The lowest BCUT2D eigenvalue weighted by molar-refractivity contribution is -0.138. The third-order valence-electron chi connectivity index (χ3n) is 3.73. The summed E-state index contributed by atoms with van der Waals surface area (Å²) in [4.78, 5) is 13.3. The van der Waals surface area contributed by atoms with Crippen molar-refractivity contribution in [1.29, 1.82) is 0 Å². The van der Waals surface area contributed by atoms with Gasteiger partial charge >= 0.3 is 5.97 Å². The van der Waals surface area contributed by atoms with Crippen molar-refractivity contribution in [2.75, 3.05) is 13.1 Å². The molecule has 1 aromatic rings. The molecular weight excluding hydrogens is 238 g/mol. The fraction of sp³-hybridized carbons (Fsp3) is 0.562. The van der Waals surface area contributed by atoms with Crippen LogP contribution in [0.25, 0.3) is 0 Å². The van der Waals surface area contributed by atoms with E-state index >= 15 is 0 Å². The minimum atomic E-state index is -0.711. The monoisotopic (exact) mass is 263 g/mol. The summed E-state index contributed by atoms with van der Waals surface area (Å²) < 4.78 is 0. The molecule has 0 heterocycles. The lowest BCUT2D eigenvalue weighted by Crippen LogP contribution is -2.37. The average molecular weight is 263 g/mol. The second kappa shape index (κ2) is 7.95. The van der Waals surface area contributed by atoms with Crippen molar-refractivity contribution in [2.45, 2.75) is 45.6 Å². The van der Waals surface area contributed by atoms with Crippen LogP contribution in [0.5, 0.6) is 0 Å². The topological polar surface area (TPSA) is 40.5 Å².